The van der Waals surface area contributed by atoms with Crippen LogP contribution in [0.25, 0.3) is 0 Å². The zero-order chi connectivity index (χ0) is 14.5. The molecule has 1 heterocycles. The van der Waals surface area contributed by atoms with Crippen molar-refractivity contribution in [3.05, 3.63) is 59.2 Å². The van der Waals surface area contributed by atoms with Crippen LogP contribution in [0.1, 0.15) is 30.2 Å². The van der Waals surface area contributed by atoms with Crippen LogP contribution in [0.15, 0.2) is 36.5 Å². The van der Waals surface area contributed by atoms with E-state index in [0.29, 0.717) is 12.1 Å². The van der Waals surface area contributed by atoms with Gasteiger partial charge in [-0.2, -0.15) is 5.26 Å². The largest absolute Gasteiger partial charge is 0.347 e. The maximum atomic E-state index is 13.4. The van der Waals surface area contributed by atoms with Crippen LogP contribution < -0.4 is 5.73 Å². The number of halogens is 1. The third-order valence-electron chi connectivity index (χ3n) is 3.36. The van der Waals surface area contributed by atoms with Gasteiger partial charge < -0.3 is 10.3 Å². The third-order valence-corrected chi connectivity index (χ3v) is 3.36. The molecule has 2 rings (SSSR count). The zero-order valence-electron chi connectivity index (χ0n) is 11.5. The van der Waals surface area contributed by atoms with E-state index in [1.54, 1.807) is 6.07 Å². The Morgan fingerprint density at radius 3 is 2.90 bits per heavy atom. The Morgan fingerprint density at radius 2 is 2.20 bits per heavy atom. The van der Waals surface area contributed by atoms with Gasteiger partial charge in [0.05, 0.1) is 11.6 Å². The summed E-state index contributed by atoms with van der Waals surface area (Å²) in [6.45, 7) is 2.61. The molecule has 20 heavy (non-hydrogen) atoms. The monoisotopic (exact) mass is 271 g/mol. The number of nitrogens with zero attached hydrogens (tertiary/aromatic N) is 2. The summed E-state index contributed by atoms with van der Waals surface area (Å²) >= 11 is 0. The van der Waals surface area contributed by atoms with E-state index < -0.39 is 0 Å². The molecular weight excluding hydrogens is 253 g/mol. The van der Waals surface area contributed by atoms with Crippen molar-refractivity contribution in [1.82, 2.24) is 4.57 Å². The maximum Gasteiger partial charge on any atom is 0.124 e. The van der Waals surface area contributed by atoms with Crippen molar-refractivity contribution in [1.29, 1.82) is 5.26 Å². The Labute approximate surface area is 118 Å². The summed E-state index contributed by atoms with van der Waals surface area (Å²) in [5, 5.41) is 8.88. The number of rotatable bonds is 5. The smallest absolute Gasteiger partial charge is 0.124 e. The van der Waals surface area contributed by atoms with Crippen molar-refractivity contribution in [2.24, 2.45) is 5.73 Å². The molecule has 1 atom stereocenters. The molecule has 2 aromatic rings. The SMILES string of the molecule is CCC(N)Cc1cccn1Cc1cc(F)cc(C#N)c1. The van der Waals surface area contributed by atoms with Gasteiger partial charge >= 0.3 is 0 Å². The Balaban J connectivity index is 2.20. The number of aromatic nitrogens is 1. The van der Waals surface area contributed by atoms with Crippen LogP contribution in [-0.2, 0) is 13.0 Å². The Bertz CT molecular complexity index is 625. The molecule has 0 aliphatic rings. The van der Waals surface area contributed by atoms with Crippen LogP contribution in [0.3, 0.4) is 0 Å². The van der Waals surface area contributed by atoms with E-state index >= 15 is 0 Å². The first-order valence-electron chi connectivity index (χ1n) is 6.71. The molecule has 4 heteroatoms. The van der Waals surface area contributed by atoms with Crippen molar-refractivity contribution in [3.8, 4) is 6.07 Å². The van der Waals surface area contributed by atoms with Crippen molar-refractivity contribution < 1.29 is 4.39 Å². The highest BCUT2D eigenvalue weighted by Crippen LogP contribution is 2.13. The minimum Gasteiger partial charge on any atom is -0.347 e. The molecule has 0 spiro atoms. The lowest BCUT2D eigenvalue weighted by atomic mass is 10.1. The van der Waals surface area contributed by atoms with Gasteiger partial charge in [-0.3, -0.25) is 0 Å². The van der Waals surface area contributed by atoms with Gasteiger partial charge in [0.15, 0.2) is 0 Å². The van der Waals surface area contributed by atoms with Gasteiger partial charge in [-0.15, -0.1) is 0 Å². The molecule has 0 bridgehead atoms. The predicted molar refractivity (Wildman–Crippen MR) is 76.6 cm³/mol. The number of hydrogen-bond donors (Lipinski definition) is 1. The van der Waals surface area contributed by atoms with Crippen molar-refractivity contribution in [3.63, 3.8) is 0 Å². The molecule has 0 aliphatic heterocycles. The highest BCUT2D eigenvalue weighted by Gasteiger charge is 2.08. The van der Waals surface area contributed by atoms with Crippen molar-refractivity contribution in [2.75, 3.05) is 0 Å². The van der Waals surface area contributed by atoms with Gasteiger partial charge in [-0.05, 0) is 42.3 Å². The predicted octanol–water partition coefficient (Wildman–Crippen LogP) is 2.83. The standard InChI is InChI=1S/C16H18FN3/c1-2-15(19)9-16-4-3-5-20(16)11-13-6-12(10-18)7-14(17)8-13/h3-8,15H,2,9,11,19H2,1H3. The minimum absolute atomic E-state index is 0.130. The second-order valence-electron chi connectivity index (χ2n) is 4.96. The van der Waals surface area contributed by atoms with Crippen LogP contribution >= 0.6 is 0 Å². The fourth-order valence-electron chi connectivity index (χ4n) is 2.20. The molecule has 0 aliphatic carbocycles. The molecular formula is C16H18FN3. The van der Waals surface area contributed by atoms with E-state index in [1.807, 2.05) is 29.0 Å². The molecule has 1 aromatic carbocycles. The van der Waals surface area contributed by atoms with Gasteiger partial charge in [0.25, 0.3) is 0 Å². The number of benzene rings is 1. The van der Waals surface area contributed by atoms with E-state index in [2.05, 4.69) is 6.92 Å². The van der Waals surface area contributed by atoms with Gasteiger partial charge in [0, 0.05) is 30.9 Å². The van der Waals surface area contributed by atoms with Crippen LogP contribution in [0.2, 0.25) is 0 Å². The Morgan fingerprint density at radius 1 is 1.40 bits per heavy atom. The van der Waals surface area contributed by atoms with E-state index in [4.69, 9.17) is 11.0 Å². The first-order valence-corrected chi connectivity index (χ1v) is 6.71. The molecule has 0 fully saturated rings. The Hall–Kier alpha value is -2.12. The first kappa shape index (κ1) is 14.3. The number of nitriles is 1. The lowest BCUT2D eigenvalue weighted by molar-refractivity contribution is 0.604. The second kappa shape index (κ2) is 6.36. The second-order valence-corrected chi connectivity index (χ2v) is 4.96. The minimum atomic E-state index is -0.377. The fraction of sp³-hybridized carbons (Fsp3) is 0.312. The van der Waals surface area contributed by atoms with Crippen LogP contribution in [0.4, 0.5) is 4.39 Å². The average Bonchev–Trinajstić information content (AvgIpc) is 2.85. The third kappa shape index (κ3) is 3.46. The molecule has 2 N–H and O–H groups in total. The molecule has 104 valence electrons. The van der Waals surface area contributed by atoms with Gasteiger partial charge in [0.2, 0.25) is 0 Å². The summed E-state index contributed by atoms with van der Waals surface area (Å²) < 4.78 is 15.5. The number of nitrogens with two attached hydrogens (primary N) is 1. The summed E-state index contributed by atoms with van der Waals surface area (Å²) in [5.41, 5.74) is 8.23. The molecule has 0 radical (unpaired) electrons. The molecule has 0 amide bonds. The molecule has 1 aromatic heterocycles. The van der Waals surface area contributed by atoms with E-state index in [1.165, 1.54) is 12.1 Å². The quantitative estimate of drug-likeness (QED) is 0.909. The highest BCUT2D eigenvalue weighted by molar-refractivity contribution is 5.34. The maximum absolute atomic E-state index is 13.4. The van der Waals surface area contributed by atoms with E-state index in [0.717, 1.165) is 24.1 Å². The summed E-state index contributed by atoms with van der Waals surface area (Å²) in [6, 6.07) is 10.5. The highest BCUT2D eigenvalue weighted by atomic mass is 19.1. The van der Waals surface area contributed by atoms with E-state index in [9.17, 15) is 4.39 Å². The van der Waals surface area contributed by atoms with Crippen LogP contribution in [0, 0.1) is 17.1 Å². The molecule has 1 unspecified atom stereocenters. The van der Waals surface area contributed by atoms with Crippen molar-refractivity contribution >= 4 is 0 Å². The first-order chi connectivity index (χ1) is 9.62. The van der Waals surface area contributed by atoms with E-state index in [-0.39, 0.29) is 11.9 Å². The molecule has 0 saturated heterocycles. The summed E-state index contributed by atoms with van der Waals surface area (Å²) in [7, 11) is 0. The summed E-state index contributed by atoms with van der Waals surface area (Å²) in [6.07, 6.45) is 3.67. The summed E-state index contributed by atoms with van der Waals surface area (Å²) in [5.74, 6) is -0.377. The zero-order valence-corrected chi connectivity index (χ0v) is 11.5. The van der Waals surface area contributed by atoms with Crippen molar-refractivity contribution in [2.45, 2.75) is 32.4 Å². The molecule has 0 saturated carbocycles. The summed E-state index contributed by atoms with van der Waals surface area (Å²) in [4.78, 5) is 0. The lowest BCUT2D eigenvalue weighted by Crippen LogP contribution is -2.23. The fourth-order valence-corrected chi connectivity index (χ4v) is 2.20. The van der Waals surface area contributed by atoms with Gasteiger partial charge in [-0.1, -0.05) is 6.92 Å². The Kier molecular flexibility index (Phi) is 4.54. The normalized spacial score (nSPS) is 12.1. The topological polar surface area (TPSA) is 54.7 Å². The van der Waals surface area contributed by atoms with Crippen LogP contribution in [-0.4, -0.2) is 10.6 Å². The van der Waals surface area contributed by atoms with Crippen LogP contribution in [0.5, 0.6) is 0 Å². The van der Waals surface area contributed by atoms with Gasteiger partial charge in [-0.25, -0.2) is 4.39 Å². The average molecular weight is 271 g/mol. The molecule has 3 nitrogen and oxygen atoms in total. The number of hydrogen-bond acceptors (Lipinski definition) is 2. The van der Waals surface area contributed by atoms with Gasteiger partial charge in [0.1, 0.15) is 5.82 Å². The lowest BCUT2D eigenvalue weighted by Gasteiger charge is -2.13.